The molecule has 9 nitrogen and oxygen atoms in total. The van der Waals surface area contributed by atoms with E-state index in [4.69, 9.17) is 18.9 Å². The smallest absolute Gasteiger partial charge is 0.251 e. The van der Waals surface area contributed by atoms with Gasteiger partial charge in [-0.2, -0.15) is 0 Å². The van der Waals surface area contributed by atoms with Crippen molar-refractivity contribution in [2.24, 2.45) is 0 Å². The molecule has 9 heteroatoms. The first-order chi connectivity index (χ1) is 17.0. The van der Waals surface area contributed by atoms with E-state index in [1.165, 1.54) is 0 Å². The Bertz CT molecular complexity index is 1130. The van der Waals surface area contributed by atoms with Gasteiger partial charge in [-0.3, -0.25) is 9.59 Å². The van der Waals surface area contributed by atoms with Gasteiger partial charge < -0.3 is 29.6 Å². The van der Waals surface area contributed by atoms with Gasteiger partial charge in [0.25, 0.3) is 5.91 Å². The van der Waals surface area contributed by atoms with Crippen molar-refractivity contribution in [1.29, 1.82) is 0 Å². The average molecular weight is 480 g/mol. The maximum Gasteiger partial charge on any atom is 0.251 e. The molecule has 1 heterocycles. The van der Waals surface area contributed by atoms with Crippen molar-refractivity contribution in [1.82, 2.24) is 15.6 Å². The molecular formula is C26H29N3O6. The van der Waals surface area contributed by atoms with Crippen molar-refractivity contribution in [3.05, 3.63) is 71.9 Å². The molecular weight excluding hydrogens is 450 g/mol. The summed E-state index contributed by atoms with van der Waals surface area (Å²) in [6, 6.07) is 15.6. The molecule has 2 N–H and O–H groups in total. The Hall–Kier alpha value is -4.27. The summed E-state index contributed by atoms with van der Waals surface area (Å²) in [5.74, 6) is 2.05. The molecule has 0 aliphatic carbocycles. The van der Waals surface area contributed by atoms with Crippen LogP contribution in [-0.4, -0.2) is 43.7 Å². The zero-order valence-corrected chi connectivity index (χ0v) is 20.0. The van der Waals surface area contributed by atoms with E-state index in [9.17, 15) is 9.59 Å². The highest BCUT2D eigenvalue weighted by Gasteiger charge is 2.13. The van der Waals surface area contributed by atoms with E-state index in [-0.39, 0.29) is 24.9 Å². The standard InChI is InChI=1S/C26H29N3O6/c1-4-33-22-11-10-19(13-23(22)34-5-2)26(31)29-17-24(30)27-15-18-9-12-25(28-16-18)35-21-8-6-7-20(14-21)32-3/h6-14,16H,4-5,15,17H2,1-3H3,(H,27,30)(H,29,31). The van der Waals surface area contributed by atoms with Crippen LogP contribution in [0.3, 0.4) is 0 Å². The Morgan fingerprint density at radius 2 is 1.66 bits per heavy atom. The number of carbonyl (C=O) groups is 2. The summed E-state index contributed by atoms with van der Waals surface area (Å²) < 4.78 is 21.9. The van der Waals surface area contributed by atoms with Crippen molar-refractivity contribution < 1.29 is 28.5 Å². The highest BCUT2D eigenvalue weighted by Crippen LogP contribution is 2.28. The van der Waals surface area contributed by atoms with Crippen LogP contribution in [0.25, 0.3) is 0 Å². The Labute approximate surface area is 204 Å². The Morgan fingerprint density at radius 3 is 2.37 bits per heavy atom. The summed E-state index contributed by atoms with van der Waals surface area (Å²) in [5, 5.41) is 5.36. The zero-order valence-electron chi connectivity index (χ0n) is 20.0. The zero-order chi connectivity index (χ0) is 25.0. The van der Waals surface area contributed by atoms with E-state index >= 15 is 0 Å². The van der Waals surface area contributed by atoms with E-state index in [1.54, 1.807) is 55.8 Å². The van der Waals surface area contributed by atoms with Gasteiger partial charge in [0.1, 0.15) is 11.5 Å². The molecule has 1 aromatic heterocycles. The molecule has 184 valence electrons. The van der Waals surface area contributed by atoms with E-state index in [1.807, 2.05) is 26.0 Å². The lowest BCUT2D eigenvalue weighted by Gasteiger charge is -2.12. The van der Waals surface area contributed by atoms with Crippen LogP contribution < -0.4 is 29.6 Å². The molecule has 0 bridgehead atoms. The second-order valence-electron chi connectivity index (χ2n) is 7.27. The second-order valence-corrected chi connectivity index (χ2v) is 7.27. The van der Waals surface area contributed by atoms with Crippen molar-refractivity contribution in [3.63, 3.8) is 0 Å². The lowest BCUT2D eigenvalue weighted by atomic mass is 10.2. The Balaban J connectivity index is 1.47. The van der Waals surface area contributed by atoms with Crippen molar-refractivity contribution in [2.45, 2.75) is 20.4 Å². The minimum absolute atomic E-state index is 0.166. The van der Waals surface area contributed by atoms with Crippen LogP contribution in [0.15, 0.2) is 60.8 Å². The predicted molar refractivity (Wildman–Crippen MR) is 130 cm³/mol. The molecule has 0 aliphatic rings. The largest absolute Gasteiger partial charge is 0.497 e. The van der Waals surface area contributed by atoms with Gasteiger partial charge in [-0.15, -0.1) is 0 Å². The number of benzene rings is 2. The number of amides is 2. The maximum atomic E-state index is 12.5. The van der Waals surface area contributed by atoms with E-state index < -0.39 is 0 Å². The van der Waals surface area contributed by atoms with Gasteiger partial charge in [-0.25, -0.2) is 4.98 Å². The van der Waals surface area contributed by atoms with Crippen molar-refractivity contribution >= 4 is 11.8 Å². The van der Waals surface area contributed by atoms with Crippen molar-refractivity contribution in [2.75, 3.05) is 26.9 Å². The number of nitrogens with zero attached hydrogens (tertiary/aromatic N) is 1. The molecule has 2 aromatic carbocycles. The highest BCUT2D eigenvalue weighted by atomic mass is 16.5. The van der Waals surface area contributed by atoms with E-state index in [0.29, 0.717) is 47.7 Å². The number of aromatic nitrogens is 1. The Morgan fingerprint density at radius 1 is 0.886 bits per heavy atom. The van der Waals surface area contributed by atoms with Crippen LogP contribution >= 0.6 is 0 Å². The molecule has 0 saturated carbocycles. The molecule has 3 rings (SSSR count). The third-order valence-electron chi connectivity index (χ3n) is 4.77. The predicted octanol–water partition coefficient (Wildman–Crippen LogP) is 3.73. The minimum Gasteiger partial charge on any atom is -0.497 e. The number of ether oxygens (including phenoxy) is 4. The van der Waals surface area contributed by atoms with Gasteiger partial charge in [-0.1, -0.05) is 12.1 Å². The molecule has 0 radical (unpaired) electrons. The normalized spacial score (nSPS) is 10.3. The van der Waals surface area contributed by atoms with E-state index in [2.05, 4.69) is 15.6 Å². The first-order valence-corrected chi connectivity index (χ1v) is 11.2. The van der Waals surface area contributed by atoms with Gasteiger partial charge in [-0.05, 0) is 49.7 Å². The molecule has 0 spiro atoms. The second kappa shape index (κ2) is 12.8. The molecule has 3 aromatic rings. The van der Waals surface area contributed by atoms with Gasteiger partial charge in [0.2, 0.25) is 11.8 Å². The summed E-state index contributed by atoms with van der Waals surface area (Å²) in [6.45, 7) is 4.74. The minimum atomic E-state index is -0.384. The summed E-state index contributed by atoms with van der Waals surface area (Å²) in [6.07, 6.45) is 1.61. The van der Waals surface area contributed by atoms with Crippen LogP contribution in [0.4, 0.5) is 0 Å². The first-order valence-electron chi connectivity index (χ1n) is 11.2. The number of nitrogens with one attached hydrogen (secondary N) is 2. The summed E-state index contributed by atoms with van der Waals surface area (Å²) in [5.41, 5.74) is 1.16. The third-order valence-corrected chi connectivity index (χ3v) is 4.77. The SMILES string of the molecule is CCOc1ccc(C(=O)NCC(=O)NCc2ccc(Oc3cccc(OC)c3)nc2)cc1OCC. The molecule has 0 saturated heterocycles. The summed E-state index contributed by atoms with van der Waals surface area (Å²) in [4.78, 5) is 28.9. The third kappa shape index (κ3) is 7.63. The fraction of sp³-hybridized carbons (Fsp3) is 0.269. The van der Waals surface area contributed by atoms with Crippen LogP contribution in [0.1, 0.15) is 29.8 Å². The quantitative estimate of drug-likeness (QED) is 0.408. The number of carbonyl (C=O) groups excluding carboxylic acids is 2. The summed E-state index contributed by atoms with van der Waals surface area (Å²) in [7, 11) is 1.59. The van der Waals surface area contributed by atoms with Gasteiger partial charge in [0.15, 0.2) is 11.5 Å². The Kier molecular flexibility index (Phi) is 9.30. The lowest BCUT2D eigenvalue weighted by molar-refractivity contribution is -0.120. The number of hydrogen-bond donors (Lipinski definition) is 2. The number of rotatable bonds is 12. The number of hydrogen-bond acceptors (Lipinski definition) is 7. The van der Waals surface area contributed by atoms with Crippen LogP contribution in [0.5, 0.6) is 28.9 Å². The van der Waals surface area contributed by atoms with Crippen LogP contribution in [0.2, 0.25) is 0 Å². The van der Waals surface area contributed by atoms with Crippen molar-refractivity contribution in [3.8, 4) is 28.9 Å². The van der Waals surface area contributed by atoms with Gasteiger partial charge in [0.05, 0.1) is 26.9 Å². The maximum absolute atomic E-state index is 12.5. The average Bonchev–Trinajstić information content (AvgIpc) is 2.88. The molecule has 0 fully saturated rings. The monoisotopic (exact) mass is 479 g/mol. The lowest BCUT2D eigenvalue weighted by Crippen LogP contribution is -2.36. The molecule has 35 heavy (non-hydrogen) atoms. The van der Waals surface area contributed by atoms with E-state index in [0.717, 1.165) is 5.56 Å². The van der Waals surface area contributed by atoms with Gasteiger partial charge >= 0.3 is 0 Å². The van der Waals surface area contributed by atoms with Gasteiger partial charge in [0, 0.05) is 30.4 Å². The topological polar surface area (TPSA) is 108 Å². The number of methoxy groups -OCH3 is 1. The molecule has 0 atom stereocenters. The number of pyridine rings is 1. The van der Waals surface area contributed by atoms with Crippen LogP contribution in [0, 0.1) is 0 Å². The first kappa shape index (κ1) is 25.4. The highest BCUT2D eigenvalue weighted by molar-refractivity contribution is 5.97. The molecule has 0 unspecified atom stereocenters. The fourth-order valence-corrected chi connectivity index (χ4v) is 3.08. The molecule has 0 aliphatic heterocycles. The van der Waals surface area contributed by atoms with Crippen LogP contribution in [-0.2, 0) is 11.3 Å². The fourth-order valence-electron chi connectivity index (χ4n) is 3.08. The molecule has 2 amide bonds. The summed E-state index contributed by atoms with van der Waals surface area (Å²) >= 11 is 0.